The molecule has 1 nitrogen and oxygen atoms in total. The first-order chi connectivity index (χ1) is 16.8. The molecule has 5 heteroatoms. The molecule has 0 aliphatic heterocycles. The molecule has 0 spiro atoms. The minimum Gasteiger partial charge on any atom is -0.325 e. The summed E-state index contributed by atoms with van der Waals surface area (Å²) < 4.78 is 41.9. The smallest absolute Gasteiger partial charge is 0.123 e. The molecule has 3 rings (SSSR count). The van der Waals surface area contributed by atoms with Gasteiger partial charge in [-0.2, -0.15) is 6.32 Å². The summed E-state index contributed by atoms with van der Waals surface area (Å²) in [5, 5.41) is 0. The van der Waals surface area contributed by atoms with Crippen LogP contribution < -0.4 is 0 Å². The molecule has 0 heterocycles. The van der Waals surface area contributed by atoms with E-state index in [1.54, 1.807) is 36.4 Å². The van der Waals surface area contributed by atoms with Crippen LogP contribution in [0.25, 0.3) is 0 Å². The highest BCUT2D eigenvalue weighted by molar-refractivity contribution is 6.08. The summed E-state index contributed by atoms with van der Waals surface area (Å²) in [4.78, 5) is 0. The third-order valence-electron chi connectivity index (χ3n) is 7.25. The summed E-state index contributed by atoms with van der Waals surface area (Å²) in [5.74, 6) is -0.890. The van der Waals surface area contributed by atoms with E-state index in [0.717, 1.165) is 29.5 Å². The standard InChI is InChI=1S/C22H21BF3.C8H20N/c23-15-1-14-22(16-2-8-19(24)9-3-16,17-4-10-20(25)11-5-17)18-6-12-21(26)13-7-18;1-5-9(6-2,7-3)8-4/h2-13H,1,14-15H2,23H3;5-8H2,1-4H3/q-1;+1. The largest absolute Gasteiger partial charge is 0.325 e. The number of halogens is 3. The third kappa shape index (κ3) is 7.01. The summed E-state index contributed by atoms with van der Waals surface area (Å²) in [6, 6.07) is 19.4. The number of quaternary nitrogens is 1. The molecule has 0 amide bonds. The van der Waals surface area contributed by atoms with Gasteiger partial charge in [-0.05, 0) is 95.1 Å². The van der Waals surface area contributed by atoms with Gasteiger partial charge in [-0.25, -0.2) is 13.2 Å². The Bertz CT molecular complexity index is 869. The topological polar surface area (TPSA) is 0 Å². The molecule has 0 saturated carbocycles. The van der Waals surface area contributed by atoms with E-state index >= 15 is 0 Å². The Morgan fingerprint density at radius 3 is 1.06 bits per heavy atom. The fraction of sp³-hybridized carbons (Fsp3) is 0.400. The van der Waals surface area contributed by atoms with Crippen molar-refractivity contribution in [3.8, 4) is 0 Å². The van der Waals surface area contributed by atoms with Gasteiger partial charge in [-0.15, -0.1) is 0 Å². The van der Waals surface area contributed by atoms with Crippen molar-refractivity contribution >= 4 is 7.85 Å². The van der Waals surface area contributed by atoms with Crippen LogP contribution in [0.4, 0.5) is 13.2 Å². The maximum absolute atomic E-state index is 13.5. The van der Waals surface area contributed by atoms with Gasteiger partial charge in [-0.3, -0.25) is 0 Å². The van der Waals surface area contributed by atoms with E-state index in [9.17, 15) is 13.2 Å². The molecule has 0 atom stereocenters. The summed E-state index contributed by atoms with van der Waals surface area (Å²) in [7, 11) is 0.272. The van der Waals surface area contributed by atoms with Crippen molar-refractivity contribution in [2.45, 2.75) is 52.3 Å². The number of rotatable bonds is 10. The minimum absolute atomic E-state index is 0.272. The zero-order valence-corrected chi connectivity index (χ0v) is 21.0. The van der Waals surface area contributed by atoms with Crippen molar-refractivity contribution in [2.75, 3.05) is 26.2 Å². The second-order valence-corrected chi connectivity index (χ2v) is 8.64. The van der Waals surface area contributed by atoms with Crippen LogP contribution in [0.3, 0.4) is 0 Å². The normalized spacial score (nSPS) is 11.7. The van der Waals surface area contributed by atoms with E-state index in [1.807, 2.05) is 0 Å². The van der Waals surface area contributed by atoms with Crippen LogP contribution in [0.1, 0.15) is 57.2 Å². The lowest BCUT2D eigenvalue weighted by Gasteiger charge is -2.36. The lowest BCUT2D eigenvalue weighted by atomic mass is 9.66. The average molecular weight is 483 g/mol. The maximum atomic E-state index is 13.5. The Kier molecular flexibility index (Phi) is 11.1. The molecule has 3 aromatic carbocycles. The van der Waals surface area contributed by atoms with E-state index in [4.69, 9.17) is 0 Å². The molecular weight excluding hydrogens is 442 g/mol. The second kappa shape index (κ2) is 13.5. The Morgan fingerprint density at radius 2 is 0.857 bits per heavy atom. The predicted molar refractivity (Wildman–Crippen MR) is 145 cm³/mol. The monoisotopic (exact) mass is 483 g/mol. The third-order valence-corrected chi connectivity index (χ3v) is 7.25. The summed E-state index contributed by atoms with van der Waals surface area (Å²) >= 11 is 0. The van der Waals surface area contributed by atoms with Crippen molar-refractivity contribution in [1.82, 2.24) is 0 Å². The van der Waals surface area contributed by atoms with Crippen molar-refractivity contribution in [3.63, 3.8) is 0 Å². The molecule has 0 fully saturated rings. The molecule has 35 heavy (non-hydrogen) atoms. The fourth-order valence-electron chi connectivity index (χ4n) is 4.74. The van der Waals surface area contributed by atoms with Crippen LogP contribution in [0.15, 0.2) is 72.8 Å². The molecule has 3 aromatic rings. The number of hydrogen-bond acceptors (Lipinski definition) is 0. The fourth-order valence-corrected chi connectivity index (χ4v) is 4.74. The van der Waals surface area contributed by atoms with E-state index in [1.165, 1.54) is 73.4 Å². The molecule has 0 N–H and O–H groups in total. The molecule has 0 aromatic heterocycles. The first kappa shape index (κ1) is 28.7. The van der Waals surface area contributed by atoms with Crippen LogP contribution in [0.2, 0.25) is 6.32 Å². The highest BCUT2D eigenvalue weighted by Gasteiger charge is 2.35. The zero-order chi connectivity index (χ0) is 25.9. The first-order valence-electron chi connectivity index (χ1n) is 12.2. The number of benzene rings is 3. The molecular formula is C30H41BF3N. The predicted octanol–water partition coefficient (Wildman–Crippen LogP) is 6.89. The van der Waals surface area contributed by atoms with Crippen LogP contribution in [0.5, 0.6) is 0 Å². The lowest BCUT2D eigenvalue weighted by molar-refractivity contribution is -0.921. The lowest BCUT2D eigenvalue weighted by Crippen LogP contribution is -2.47. The van der Waals surface area contributed by atoms with Gasteiger partial charge in [0.05, 0.1) is 26.2 Å². The van der Waals surface area contributed by atoms with Gasteiger partial charge in [0.15, 0.2) is 0 Å². The van der Waals surface area contributed by atoms with E-state index < -0.39 is 5.41 Å². The Balaban J connectivity index is 0.000000410. The summed E-state index contributed by atoms with van der Waals surface area (Å²) in [5.41, 5.74) is 2.25. The second-order valence-electron chi connectivity index (χ2n) is 8.64. The molecule has 0 aliphatic rings. The first-order valence-corrected chi connectivity index (χ1v) is 12.2. The summed E-state index contributed by atoms with van der Waals surface area (Å²) in [6.07, 6.45) is 3.08. The molecule has 190 valence electrons. The molecule has 0 aliphatic carbocycles. The highest BCUT2D eigenvalue weighted by Crippen LogP contribution is 2.43. The van der Waals surface area contributed by atoms with Gasteiger partial charge in [-0.1, -0.05) is 42.8 Å². The maximum Gasteiger partial charge on any atom is 0.123 e. The minimum atomic E-state index is -0.552. The van der Waals surface area contributed by atoms with Gasteiger partial charge in [0.1, 0.15) is 17.5 Å². The zero-order valence-electron chi connectivity index (χ0n) is 21.0. The van der Waals surface area contributed by atoms with Gasteiger partial charge in [0.25, 0.3) is 0 Å². The van der Waals surface area contributed by atoms with Gasteiger partial charge in [0, 0.05) is 5.41 Å². The van der Waals surface area contributed by atoms with Crippen LogP contribution in [-0.4, -0.2) is 38.5 Å². The molecule has 0 bridgehead atoms. The van der Waals surface area contributed by atoms with E-state index in [0.29, 0.717) is 0 Å². The van der Waals surface area contributed by atoms with Crippen molar-refractivity contribution in [1.29, 1.82) is 0 Å². The highest BCUT2D eigenvalue weighted by atomic mass is 19.1. The molecule has 0 saturated heterocycles. The Morgan fingerprint density at radius 1 is 0.571 bits per heavy atom. The van der Waals surface area contributed by atoms with Crippen LogP contribution >= 0.6 is 0 Å². The quantitative estimate of drug-likeness (QED) is 0.167. The van der Waals surface area contributed by atoms with Gasteiger partial charge >= 0.3 is 0 Å². The Hall–Kier alpha value is -2.53. The van der Waals surface area contributed by atoms with Crippen molar-refractivity contribution in [3.05, 3.63) is 107 Å². The summed E-state index contributed by atoms with van der Waals surface area (Å²) in [6.45, 7) is 14.2. The van der Waals surface area contributed by atoms with Crippen LogP contribution in [-0.2, 0) is 5.41 Å². The Labute approximate surface area is 211 Å². The number of nitrogens with zero attached hydrogens (tertiary/aromatic N) is 1. The van der Waals surface area contributed by atoms with Crippen LogP contribution in [0, 0.1) is 17.5 Å². The van der Waals surface area contributed by atoms with E-state index in [2.05, 4.69) is 27.7 Å². The van der Waals surface area contributed by atoms with E-state index in [-0.39, 0.29) is 25.3 Å². The molecule has 0 unspecified atom stereocenters. The SMILES string of the molecule is CC[N+](CC)(CC)CC.[BH3-]CCCC(c1ccc(F)cc1)(c1ccc(F)cc1)c1ccc(F)cc1. The van der Waals surface area contributed by atoms with Gasteiger partial charge in [0.2, 0.25) is 0 Å². The molecule has 0 radical (unpaired) electrons. The van der Waals surface area contributed by atoms with Crippen molar-refractivity contribution < 1.29 is 17.7 Å². The van der Waals surface area contributed by atoms with Gasteiger partial charge < -0.3 is 4.48 Å². The number of hydrogen-bond donors (Lipinski definition) is 0. The van der Waals surface area contributed by atoms with Crippen molar-refractivity contribution in [2.24, 2.45) is 0 Å². The average Bonchev–Trinajstić information content (AvgIpc) is 2.89.